The van der Waals surface area contributed by atoms with Gasteiger partial charge in [-0.3, -0.25) is 9.78 Å². The van der Waals surface area contributed by atoms with Gasteiger partial charge in [-0.1, -0.05) is 12.1 Å². The summed E-state index contributed by atoms with van der Waals surface area (Å²) in [7, 11) is 1.82. The lowest BCUT2D eigenvalue weighted by Crippen LogP contribution is -2.29. The third-order valence-electron chi connectivity index (χ3n) is 3.66. The van der Waals surface area contributed by atoms with Crippen molar-refractivity contribution in [1.82, 2.24) is 14.9 Å². The van der Waals surface area contributed by atoms with Crippen molar-refractivity contribution in [1.29, 1.82) is 0 Å². The van der Waals surface area contributed by atoms with Gasteiger partial charge >= 0.3 is 0 Å². The molecule has 1 unspecified atom stereocenters. The number of thiazole rings is 1. The van der Waals surface area contributed by atoms with Crippen LogP contribution in [0.1, 0.15) is 28.9 Å². The van der Waals surface area contributed by atoms with Crippen molar-refractivity contribution in [3.63, 3.8) is 0 Å². The maximum Gasteiger partial charge on any atom is 0.255 e. The number of nitrogens with zero attached hydrogens (tertiary/aromatic N) is 3. The topological polar surface area (TPSA) is 46.1 Å². The summed E-state index contributed by atoms with van der Waals surface area (Å²) >= 11 is 1.50. The summed E-state index contributed by atoms with van der Waals surface area (Å²) in [5, 5.41) is 0. The van der Waals surface area contributed by atoms with Crippen molar-refractivity contribution in [2.24, 2.45) is 0 Å². The predicted octanol–water partition coefficient (Wildman–Crippen LogP) is 3.52. The van der Waals surface area contributed by atoms with E-state index in [1.54, 1.807) is 22.8 Å². The van der Waals surface area contributed by atoms with E-state index in [0.29, 0.717) is 5.56 Å². The van der Waals surface area contributed by atoms with Crippen LogP contribution in [0.25, 0.3) is 10.2 Å². The molecule has 0 N–H and O–H groups in total. The van der Waals surface area contributed by atoms with E-state index < -0.39 is 0 Å². The fourth-order valence-electron chi connectivity index (χ4n) is 2.27. The van der Waals surface area contributed by atoms with Crippen LogP contribution in [0, 0.1) is 0 Å². The summed E-state index contributed by atoms with van der Waals surface area (Å²) in [6, 6.07) is 9.48. The molecule has 4 nitrogen and oxygen atoms in total. The van der Waals surface area contributed by atoms with E-state index >= 15 is 0 Å². The molecule has 21 heavy (non-hydrogen) atoms. The van der Waals surface area contributed by atoms with Gasteiger partial charge in [-0.15, -0.1) is 11.3 Å². The predicted molar refractivity (Wildman–Crippen MR) is 84.4 cm³/mol. The largest absolute Gasteiger partial charge is 0.335 e. The fraction of sp³-hybridized carbons (Fsp3) is 0.188. The van der Waals surface area contributed by atoms with E-state index in [1.165, 1.54) is 11.3 Å². The van der Waals surface area contributed by atoms with E-state index in [-0.39, 0.29) is 11.9 Å². The zero-order valence-electron chi connectivity index (χ0n) is 11.9. The van der Waals surface area contributed by atoms with Crippen LogP contribution < -0.4 is 0 Å². The van der Waals surface area contributed by atoms with Gasteiger partial charge in [0.2, 0.25) is 0 Å². The smallest absolute Gasteiger partial charge is 0.255 e. The Bertz CT molecular complexity index is 769. The number of rotatable bonds is 3. The number of hydrogen-bond acceptors (Lipinski definition) is 4. The summed E-state index contributed by atoms with van der Waals surface area (Å²) in [6.07, 6.45) is 3.53. The molecule has 0 saturated heterocycles. The third kappa shape index (κ3) is 2.52. The first kappa shape index (κ1) is 13.7. The number of aromatic nitrogens is 2. The zero-order chi connectivity index (χ0) is 14.8. The van der Waals surface area contributed by atoms with E-state index in [2.05, 4.69) is 9.97 Å². The second-order valence-electron chi connectivity index (χ2n) is 4.88. The van der Waals surface area contributed by atoms with Crippen molar-refractivity contribution in [2.45, 2.75) is 13.0 Å². The van der Waals surface area contributed by atoms with Crippen LogP contribution >= 0.6 is 11.3 Å². The number of benzene rings is 1. The molecule has 3 rings (SSSR count). The summed E-state index contributed by atoms with van der Waals surface area (Å²) in [5.41, 5.74) is 4.36. The molecular formula is C16H15N3OS. The van der Waals surface area contributed by atoms with E-state index in [4.69, 9.17) is 0 Å². The minimum atomic E-state index is -0.0330. The number of amides is 1. The second-order valence-corrected chi connectivity index (χ2v) is 5.74. The second kappa shape index (κ2) is 5.61. The minimum Gasteiger partial charge on any atom is -0.335 e. The van der Waals surface area contributed by atoms with Gasteiger partial charge in [0.15, 0.2) is 0 Å². The van der Waals surface area contributed by atoms with Crippen LogP contribution in [-0.4, -0.2) is 27.8 Å². The van der Waals surface area contributed by atoms with Crippen molar-refractivity contribution >= 4 is 27.5 Å². The maximum atomic E-state index is 12.8. The minimum absolute atomic E-state index is 0.00111. The Morgan fingerprint density at radius 2 is 2.14 bits per heavy atom. The Balaban J connectivity index is 1.93. The molecule has 0 aliphatic rings. The number of fused-ring (bicyclic) bond motifs is 1. The first-order valence-corrected chi connectivity index (χ1v) is 7.55. The Hall–Kier alpha value is -2.27. The monoisotopic (exact) mass is 297 g/mol. The Kier molecular flexibility index (Phi) is 3.66. The molecule has 2 aromatic heterocycles. The van der Waals surface area contributed by atoms with Gasteiger partial charge in [0, 0.05) is 19.4 Å². The Morgan fingerprint density at radius 3 is 2.90 bits per heavy atom. The zero-order valence-corrected chi connectivity index (χ0v) is 12.7. The number of hydrogen-bond donors (Lipinski definition) is 0. The van der Waals surface area contributed by atoms with Crippen molar-refractivity contribution in [2.75, 3.05) is 7.05 Å². The van der Waals surface area contributed by atoms with Crippen LogP contribution in [-0.2, 0) is 0 Å². The quantitative estimate of drug-likeness (QED) is 0.743. The van der Waals surface area contributed by atoms with Gasteiger partial charge in [0.25, 0.3) is 5.91 Å². The SMILES string of the molecule is CC(c1cccnc1)N(C)C(=O)c1cccc2ncsc12. The first-order valence-electron chi connectivity index (χ1n) is 6.68. The van der Waals surface area contributed by atoms with Gasteiger partial charge in [-0.2, -0.15) is 0 Å². The third-order valence-corrected chi connectivity index (χ3v) is 4.53. The van der Waals surface area contributed by atoms with Gasteiger partial charge in [-0.05, 0) is 30.7 Å². The van der Waals surface area contributed by atoms with Crippen LogP contribution in [0.2, 0.25) is 0 Å². The first-order chi connectivity index (χ1) is 10.2. The van der Waals surface area contributed by atoms with Gasteiger partial charge < -0.3 is 4.90 Å². The molecule has 2 heterocycles. The highest BCUT2D eigenvalue weighted by Gasteiger charge is 2.21. The van der Waals surface area contributed by atoms with Crippen molar-refractivity contribution in [3.05, 3.63) is 59.4 Å². The van der Waals surface area contributed by atoms with E-state index in [0.717, 1.165) is 15.8 Å². The molecule has 0 aliphatic carbocycles. The van der Waals surface area contributed by atoms with Gasteiger partial charge in [-0.25, -0.2) is 4.98 Å². The molecule has 0 spiro atoms. The highest BCUT2D eigenvalue weighted by Crippen LogP contribution is 2.26. The standard InChI is InChI=1S/C16H15N3OS/c1-11(12-5-4-8-17-9-12)19(2)16(20)13-6-3-7-14-15(13)21-10-18-14/h3-11H,1-2H3. The molecule has 0 bridgehead atoms. The summed E-state index contributed by atoms with van der Waals surface area (Å²) in [5.74, 6) is 0.00111. The molecule has 1 amide bonds. The fourth-order valence-corrected chi connectivity index (χ4v) is 3.06. The highest BCUT2D eigenvalue weighted by molar-refractivity contribution is 7.17. The van der Waals surface area contributed by atoms with E-state index in [1.807, 2.05) is 44.3 Å². The lowest BCUT2D eigenvalue weighted by molar-refractivity contribution is 0.0744. The normalized spacial score (nSPS) is 12.3. The summed E-state index contributed by atoms with van der Waals surface area (Å²) in [4.78, 5) is 22.9. The van der Waals surface area contributed by atoms with Gasteiger partial charge in [0.05, 0.1) is 27.3 Å². The summed E-state index contributed by atoms with van der Waals surface area (Å²) in [6.45, 7) is 2.00. The molecule has 1 aromatic carbocycles. The lowest BCUT2D eigenvalue weighted by Gasteiger charge is -2.25. The molecule has 0 radical (unpaired) electrons. The molecule has 1 atom stereocenters. The van der Waals surface area contributed by atoms with Crippen LogP contribution in [0.5, 0.6) is 0 Å². The Morgan fingerprint density at radius 1 is 1.29 bits per heavy atom. The van der Waals surface area contributed by atoms with E-state index in [9.17, 15) is 4.79 Å². The maximum absolute atomic E-state index is 12.8. The summed E-state index contributed by atoms with van der Waals surface area (Å²) < 4.78 is 0.938. The molecule has 106 valence electrons. The van der Waals surface area contributed by atoms with Crippen molar-refractivity contribution < 1.29 is 4.79 Å². The molecule has 0 aliphatic heterocycles. The van der Waals surface area contributed by atoms with Crippen LogP contribution in [0.4, 0.5) is 0 Å². The highest BCUT2D eigenvalue weighted by atomic mass is 32.1. The molecule has 3 aromatic rings. The van der Waals surface area contributed by atoms with Crippen molar-refractivity contribution in [3.8, 4) is 0 Å². The Labute approximate surface area is 127 Å². The molecular weight excluding hydrogens is 282 g/mol. The number of carbonyl (C=O) groups is 1. The van der Waals surface area contributed by atoms with Crippen LogP contribution in [0.3, 0.4) is 0 Å². The average molecular weight is 297 g/mol. The molecule has 0 saturated carbocycles. The lowest BCUT2D eigenvalue weighted by atomic mass is 10.1. The number of carbonyl (C=O) groups excluding carboxylic acids is 1. The molecule has 5 heteroatoms. The van der Waals surface area contributed by atoms with Gasteiger partial charge in [0.1, 0.15) is 0 Å². The number of pyridine rings is 1. The average Bonchev–Trinajstić information content (AvgIpc) is 3.02. The van der Waals surface area contributed by atoms with Crippen LogP contribution in [0.15, 0.2) is 48.2 Å². The molecule has 0 fully saturated rings.